The van der Waals surface area contributed by atoms with E-state index in [-0.39, 0.29) is 11.2 Å². The summed E-state index contributed by atoms with van der Waals surface area (Å²) in [6, 6.07) is 0.540. The molecule has 0 aromatic rings. The Balaban J connectivity index is 0. The second-order valence-electron chi connectivity index (χ2n) is 6.18. The first kappa shape index (κ1) is 21.2. The Morgan fingerprint density at radius 1 is 0.947 bits per heavy atom. The first-order chi connectivity index (χ1) is 8.68. The Morgan fingerprint density at radius 3 is 1.89 bits per heavy atom. The van der Waals surface area contributed by atoms with Crippen molar-refractivity contribution < 1.29 is 9.47 Å². The van der Waals surface area contributed by atoms with Crippen LogP contribution in [0.25, 0.3) is 0 Å². The van der Waals surface area contributed by atoms with Gasteiger partial charge in [-0.05, 0) is 47.1 Å². The van der Waals surface area contributed by atoms with Gasteiger partial charge in [0.1, 0.15) is 0 Å². The normalized spacial score (nSPS) is 12.3. The van der Waals surface area contributed by atoms with Crippen molar-refractivity contribution in [2.75, 3.05) is 20.3 Å². The Morgan fingerprint density at radius 2 is 1.47 bits per heavy atom. The van der Waals surface area contributed by atoms with E-state index in [1.54, 1.807) is 7.11 Å². The van der Waals surface area contributed by atoms with Crippen molar-refractivity contribution in [2.24, 2.45) is 0 Å². The molecule has 0 spiro atoms. The van der Waals surface area contributed by atoms with E-state index in [2.05, 4.69) is 46.9 Å². The fraction of sp³-hybridized carbons (Fsp3) is 1.00. The molecular formula is C16H37NO2. The first-order valence-corrected chi connectivity index (χ1v) is 7.61. The van der Waals surface area contributed by atoms with Crippen LogP contribution in [-0.4, -0.2) is 37.5 Å². The Kier molecular flexibility index (Phi) is 11.9. The number of methoxy groups -OCH3 is 1. The van der Waals surface area contributed by atoms with E-state index in [4.69, 9.17) is 9.47 Å². The number of hydrogen-bond donors (Lipinski definition) is 1. The van der Waals surface area contributed by atoms with Crippen molar-refractivity contribution >= 4 is 0 Å². The third kappa shape index (κ3) is 14.1. The van der Waals surface area contributed by atoms with Crippen LogP contribution < -0.4 is 5.32 Å². The van der Waals surface area contributed by atoms with Crippen molar-refractivity contribution in [1.29, 1.82) is 0 Å². The zero-order valence-electron chi connectivity index (χ0n) is 14.7. The largest absolute Gasteiger partial charge is 0.379 e. The molecule has 0 aliphatic heterocycles. The maximum atomic E-state index is 5.93. The first-order valence-electron chi connectivity index (χ1n) is 7.61. The molecule has 3 nitrogen and oxygen atoms in total. The molecular weight excluding hydrogens is 238 g/mol. The van der Waals surface area contributed by atoms with Gasteiger partial charge in [-0.1, -0.05) is 27.7 Å². The van der Waals surface area contributed by atoms with Crippen LogP contribution in [0.2, 0.25) is 0 Å². The molecule has 0 aliphatic carbocycles. The van der Waals surface area contributed by atoms with Gasteiger partial charge in [-0.2, -0.15) is 0 Å². The van der Waals surface area contributed by atoms with Gasteiger partial charge in [0, 0.05) is 13.2 Å². The summed E-state index contributed by atoms with van der Waals surface area (Å²) in [4.78, 5) is 0. The van der Waals surface area contributed by atoms with E-state index in [0.29, 0.717) is 6.04 Å². The molecule has 0 bridgehead atoms. The van der Waals surface area contributed by atoms with Crippen LogP contribution >= 0.6 is 0 Å². The maximum Gasteiger partial charge on any atom is 0.0644 e. The van der Waals surface area contributed by atoms with Crippen molar-refractivity contribution in [3.63, 3.8) is 0 Å². The van der Waals surface area contributed by atoms with E-state index < -0.39 is 0 Å². The van der Waals surface area contributed by atoms with Gasteiger partial charge < -0.3 is 14.8 Å². The highest BCUT2D eigenvalue weighted by molar-refractivity contribution is 4.73. The Hall–Kier alpha value is -0.120. The third-order valence-corrected chi connectivity index (χ3v) is 3.03. The summed E-state index contributed by atoms with van der Waals surface area (Å²) < 4.78 is 11.3. The lowest BCUT2D eigenvalue weighted by Gasteiger charge is -2.29. The zero-order valence-corrected chi connectivity index (χ0v) is 14.7. The minimum atomic E-state index is -0.0910. The molecule has 0 radical (unpaired) electrons. The number of rotatable bonds is 9. The van der Waals surface area contributed by atoms with Gasteiger partial charge in [0.05, 0.1) is 17.8 Å². The van der Waals surface area contributed by atoms with Gasteiger partial charge in [-0.3, -0.25) is 0 Å². The monoisotopic (exact) mass is 275 g/mol. The molecule has 0 aromatic heterocycles. The third-order valence-electron chi connectivity index (χ3n) is 3.03. The van der Waals surface area contributed by atoms with Crippen LogP contribution in [0, 0.1) is 0 Å². The van der Waals surface area contributed by atoms with Gasteiger partial charge in [-0.15, -0.1) is 0 Å². The molecule has 0 heterocycles. The number of hydrogen-bond acceptors (Lipinski definition) is 3. The van der Waals surface area contributed by atoms with Gasteiger partial charge in [0.15, 0.2) is 0 Å². The van der Waals surface area contributed by atoms with E-state index in [9.17, 15) is 0 Å². The Bertz CT molecular complexity index is 201. The molecule has 0 amide bonds. The second-order valence-corrected chi connectivity index (χ2v) is 6.18. The smallest absolute Gasteiger partial charge is 0.0644 e. The second kappa shape index (κ2) is 10.6. The summed E-state index contributed by atoms with van der Waals surface area (Å²) >= 11 is 0. The van der Waals surface area contributed by atoms with Crippen molar-refractivity contribution in [1.82, 2.24) is 5.32 Å². The van der Waals surface area contributed by atoms with Crippen molar-refractivity contribution in [3.8, 4) is 0 Å². The van der Waals surface area contributed by atoms with Gasteiger partial charge in [-0.25, -0.2) is 0 Å². The fourth-order valence-corrected chi connectivity index (χ4v) is 1.41. The molecule has 3 heteroatoms. The zero-order chi connectivity index (χ0) is 15.5. The molecule has 0 atom stereocenters. The molecule has 118 valence electrons. The standard InChI is InChI=1S/C14H31NO2.C2H6/c1-12(2)15-10-8-14(5,6)17-11-9-13(3,4)16-7;1-2/h12,15H,8-11H2,1-7H3;1-2H3. The summed E-state index contributed by atoms with van der Waals surface area (Å²) in [5, 5.41) is 3.41. The molecule has 0 saturated heterocycles. The summed E-state index contributed by atoms with van der Waals surface area (Å²) in [5.41, 5.74) is -0.155. The predicted octanol–water partition coefficient (Wildman–Crippen LogP) is 4.01. The molecule has 0 aromatic carbocycles. The lowest BCUT2D eigenvalue weighted by Crippen LogP contribution is -2.34. The lowest BCUT2D eigenvalue weighted by atomic mass is 10.0. The van der Waals surface area contributed by atoms with E-state index >= 15 is 0 Å². The van der Waals surface area contributed by atoms with Crippen LogP contribution in [0.3, 0.4) is 0 Å². The Labute approximate surface area is 121 Å². The number of ether oxygens (including phenoxy) is 2. The average molecular weight is 275 g/mol. The predicted molar refractivity (Wildman–Crippen MR) is 84.8 cm³/mol. The quantitative estimate of drug-likeness (QED) is 0.689. The van der Waals surface area contributed by atoms with E-state index in [1.165, 1.54) is 0 Å². The topological polar surface area (TPSA) is 30.5 Å². The molecule has 0 fully saturated rings. The maximum absolute atomic E-state index is 5.93. The molecule has 0 rings (SSSR count). The number of nitrogens with one attached hydrogen (secondary N) is 1. The summed E-state index contributed by atoms with van der Waals surface area (Å²) in [5.74, 6) is 0. The summed E-state index contributed by atoms with van der Waals surface area (Å²) in [6.45, 7) is 18.5. The molecule has 19 heavy (non-hydrogen) atoms. The van der Waals surface area contributed by atoms with Gasteiger partial charge >= 0.3 is 0 Å². The minimum absolute atomic E-state index is 0.0638. The molecule has 0 aliphatic rings. The summed E-state index contributed by atoms with van der Waals surface area (Å²) in [7, 11) is 1.75. The van der Waals surface area contributed by atoms with Gasteiger partial charge in [0.25, 0.3) is 0 Å². The van der Waals surface area contributed by atoms with Crippen LogP contribution in [-0.2, 0) is 9.47 Å². The molecule has 0 saturated carbocycles. The summed E-state index contributed by atoms with van der Waals surface area (Å²) in [6.07, 6.45) is 1.95. The minimum Gasteiger partial charge on any atom is -0.379 e. The fourth-order valence-electron chi connectivity index (χ4n) is 1.41. The van der Waals surface area contributed by atoms with Crippen LogP contribution in [0.4, 0.5) is 0 Å². The van der Waals surface area contributed by atoms with E-state index in [0.717, 1.165) is 26.0 Å². The lowest BCUT2D eigenvalue weighted by molar-refractivity contribution is -0.0608. The van der Waals surface area contributed by atoms with Crippen LogP contribution in [0.1, 0.15) is 68.2 Å². The van der Waals surface area contributed by atoms with Gasteiger partial charge in [0.2, 0.25) is 0 Å². The van der Waals surface area contributed by atoms with Crippen molar-refractivity contribution in [3.05, 3.63) is 0 Å². The SMILES string of the molecule is CC.COC(C)(C)CCOC(C)(C)CCNC(C)C. The van der Waals surface area contributed by atoms with Crippen LogP contribution in [0.5, 0.6) is 0 Å². The molecule has 0 unspecified atom stereocenters. The molecule has 1 N–H and O–H groups in total. The van der Waals surface area contributed by atoms with Crippen LogP contribution in [0.15, 0.2) is 0 Å². The highest BCUT2D eigenvalue weighted by Gasteiger charge is 2.21. The average Bonchev–Trinajstić information content (AvgIpc) is 2.30. The highest BCUT2D eigenvalue weighted by atomic mass is 16.5. The highest BCUT2D eigenvalue weighted by Crippen LogP contribution is 2.18. The van der Waals surface area contributed by atoms with Crippen molar-refractivity contribution in [2.45, 2.75) is 85.5 Å². The van der Waals surface area contributed by atoms with E-state index in [1.807, 2.05) is 13.8 Å².